The Bertz CT molecular complexity index is 616. The summed E-state index contributed by atoms with van der Waals surface area (Å²) in [5.74, 6) is 0.241. The van der Waals surface area contributed by atoms with Gasteiger partial charge in [0, 0.05) is 25.0 Å². The average Bonchev–Trinajstić information content (AvgIpc) is 3.40. The summed E-state index contributed by atoms with van der Waals surface area (Å²) in [4.78, 5) is 24.7. The number of anilines is 1. The molecule has 0 bridgehead atoms. The summed E-state index contributed by atoms with van der Waals surface area (Å²) in [7, 11) is 1.55. The molecule has 1 aromatic rings. The Morgan fingerprint density at radius 3 is 2.80 bits per heavy atom. The monoisotopic (exact) mass is 369 g/mol. The zero-order valence-corrected chi connectivity index (χ0v) is 15.0. The van der Waals surface area contributed by atoms with Crippen LogP contribution in [0, 0.1) is 0 Å². The van der Waals surface area contributed by atoms with E-state index in [4.69, 9.17) is 9.47 Å². The number of benzene rings is 1. The highest BCUT2D eigenvalue weighted by Gasteiger charge is 2.26. The van der Waals surface area contributed by atoms with Crippen LogP contribution >= 0.6 is 12.4 Å². The molecular weight excluding hydrogens is 346 g/mol. The predicted molar refractivity (Wildman–Crippen MR) is 96.6 cm³/mol. The van der Waals surface area contributed by atoms with E-state index in [0.717, 1.165) is 19.4 Å². The second-order valence-electron chi connectivity index (χ2n) is 6.14. The van der Waals surface area contributed by atoms with Gasteiger partial charge in [-0.2, -0.15) is 0 Å². The number of hydrogen-bond donors (Lipinski definition) is 3. The number of halogens is 1. The Morgan fingerprint density at radius 2 is 2.16 bits per heavy atom. The van der Waals surface area contributed by atoms with Crippen molar-refractivity contribution in [2.24, 2.45) is 0 Å². The molecule has 1 aromatic carbocycles. The molecule has 1 saturated heterocycles. The van der Waals surface area contributed by atoms with Crippen molar-refractivity contribution in [2.75, 3.05) is 32.2 Å². The Morgan fingerprint density at radius 1 is 1.36 bits per heavy atom. The number of carbonyl (C=O) groups excluding carboxylic acids is 2. The van der Waals surface area contributed by atoms with E-state index < -0.39 is 0 Å². The Labute approximate surface area is 153 Å². The first-order valence-corrected chi connectivity index (χ1v) is 8.25. The van der Waals surface area contributed by atoms with Crippen molar-refractivity contribution in [3.05, 3.63) is 23.8 Å². The second kappa shape index (κ2) is 9.03. The van der Waals surface area contributed by atoms with Crippen LogP contribution < -0.4 is 20.7 Å². The number of carbonyl (C=O) groups is 2. The molecular formula is C17H24ClN3O4. The van der Waals surface area contributed by atoms with Gasteiger partial charge in [0.1, 0.15) is 5.75 Å². The highest BCUT2D eigenvalue weighted by Crippen LogP contribution is 2.25. The molecule has 1 unspecified atom stereocenters. The minimum Gasteiger partial charge on any atom is -0.497 e. The molecule has 3 N–H and O–H groups in total. The van der Waals surface area contributed by atoms with Gasteiger partial charge in [-0.15, -0.1) is 12.4 Å². The fourth-order valence-electron chi connectivity index (χ4n) is 2.61. The summed E-state index contributed by atoms with van der Waals surface area (Å²) >= 11 is 0. The van der Waals surface area contributed by atoms with Gasteiger partial charge in [0.25, 0.3) is 5.91 Å². The van der Waals surface area contributed by atoms with Gasteiger partial charge < -0.3 is 25.4 Å². The van der Waals surface area contributed by atoms with Crippen LogP contribution in [-0.4, -0.2) is 50.8 Å². The maximum Gasteiger partial charge on any atom is 0.253 e. The van der Waals surface area contributed by atoms with Crippen LogP contribution in [-0.2, 0) is 9.53 Å². The first-order chi connectivity index (χ1) is 11.7. The number of hydrogen-bond acceptors (Lipinski definition) is 5. The van der Waals surface area contributed by atoms with Gasteiger partial charge in [-0.3, -0.25) is 9.59 Å². The maximum atomic E-state index is 12.4. The first kappa shape index (κ1) is 19.5. The number of morpholine rings is 1. The zero-order valence-electron chi connectivity index (χ0n) is 14.2. The summed E-state index contributed by atoms with van der Waals surface area (Å²) in [6.45, 7) is 1.93. The molecule has 1 heterocycles. The van der Waals surface area contributed by atoms with Crippen molar-refractivity contribution >= 4 is 29.9 Å². The first-order valence-electron chi connectivity index (χ1n) is 8.25. The molecule has 2 amide bonds. The number of amides is 2. The quantitative estimate of drug-likeness (QED) is 0.704. The molecule has 2 aliphatic rings. The van der Waals surface area contributed by atoms with Crippen LogP contribution in [0.4, 0.5) is 5.69 Å². The number of nitrogens with one attached hydrogen (secondary N) is 3. The van der Waals surface area contributed by atoms with Gasteiger partial charge in [0.15, 0.2) is 0 Å². The molecule has 1 atom stereocenters. The lowest BCUT2D eigenvalue weighted by atomic mass is 10.1. The molecule has 2 fully saturated rings. The lowest BCUT2D eigenvalue weighted by Gasteiger charge is -2.23. The van der Waals surface area contributed by atoms with Crippen LogP contribution in [0.25, 0.3) is 0 Å². The normalized spacial score (nSPS) is 19.5. The molecule has 3 rings (SSSR count). The third kappa shape index (κ3) is 5.59. The smallest absolute Gasteiger partial charge is 0.253 e. The van der Waals surface area contributed by atoms with E-state index in [1.165, 1.54) is 0 Å². The number of methoxy groups -OCH3 is 1. The standard InChI is InChI=1S/C17H23N3O4.ClH/c1-23-13-4-5-15(14(9-13)17(22)19-11-2-3-11)20-16(21)8-12-10-24-7-6-18-12;/h4-5,9,11-12,18H,2-3,6-8,10H2,1H3,(H,19,22)(H,20,21);1H. The van der Waals surface area contributed by atoms with Crippen molar-refractivity contribution in [2.45, 2.75) is 31.3 Å². The van der Waals surface area contributed by atoms with Crippen molar-refractivity contribution in [3.63, 3.8) is 0 Å². The summed E-state index contributed by atoms with van der Waals surface area (Å²) in [5, 5.41) is 9.01. The second-order valence-corrected chi connectivity index (χ2v) is 6.14. The fourth-order valence-corrected chi connectivity index (χ4v) is 2.61. The van der Waals surface area contributed by atoms with E-state index in [0.29, 0.717) is 36.6 Å². The minimum absolute atomic E-state index is 0. The van der Waals surface area contributed by atoms with Gasteiger partial charge in [0.05, 0.1) is 31.6 Å². The SMILES string of the molecule is COc1ccc(NC(=O)CC2COCCN2)c(C(=O)NC2CC2)c1.Cl. The highest BCUT2D eigenvalue weighted by molar-refractivity contribution is 6.04. The van der Waals surface area contributed by atoms with Crippen LogP contribution in [0.5, 0.6) is 5.75 Å². The highest BCUT2D eigenvalue weighted by atomic mass is 35.5. The van der Waals surface area contributed by atoms with E-state index in [1.54, 1.807) is 25.3 Å². The van der Waals surface area contributed by atoms with Gasteiger partial charge in [0.2, 0.25) is 5.91 Å². The molecule has 25 heavy (non-hydrogen) atoms. The minimum atomic E-state index is -0.189. The summed E-state index contributed by atoms with van der Waals surface area (Å²) in [6.07, 6.45) is 2.31. The maximum absolute atomic E-state index is 12.4. The van der Waals surface area contributed by atoms with Crippen LogP contribution in [0.15, 0.2) is 18.2 Å². The summed E-state index contributed by atoms with van der Waals surface area (Å²) in [5.41, 5.74) is 0.915. The molecule has 1 saturated carbocycles. The lowest BCUT2D eigenvalue weighted by Crippen LogP contribution is -2.43. The molecule has 0 spiro atoms. The molecule has 1 aliphatic carbocycles. The van der Waals surface area contributed by atoms with E-state index in [9.17, 15) is 9.59 Å². The van der Waals surface area contributed by atoms with Gasteiger partial charge in [-0.05, 0) is 31.0 Å². The van der Waals surface area contributed by atoms with E-state index >= 15 is 0 Å². The molecule has 138 valence electrons. The summed E-state index contributed by atoms with van der Waals surface area (Å²) in [6, 6.07) is 5.32. The average molecular weight is 370 g/mol. The van der Waals surface area contributed by atoms with Crippen molar-refractivity contribution in [3.8, 4) is 5.75 Å². The molecule has 1 aliphatic heterocycles. The lowest BCUT2D eigenvalue weighted by molar-refractivity contribution is -0.117. The van der Waals surface area contributed by atoms with Crippen LogP contribution in [0.3, 0.4) is 0 Å². The Kier molecular flexibility index (Phi) is 7.04. The molecule has 0 radical (unpaired) electrons. The van der Waals surface area contributed by atoms with Crippen LogP contribution in [0.1, 0.15) is 29.6 Å². The third-order valence-electron chi connectivity index (χ3n) is 4.09. The van der Waals surface area contributed by atoms with Gasteiger partial charge in [-0.1, -0.05) is 0 Å². The third-order valence-corrected chi connectivity index (χ3v) is 4.09. The summed E-state index contributed by atoms with van der Waals surface area (Å²) < 4.78 is 10.5. The van der Waals surface area contributed by atoms with E-state index in [2.05, 4.69) is 16.0 Å². The van der Waals surface area contributed by atoms with E-state index in [-0.39, 0.29) is 36.3 Å². The van der Waals surface area contributed by atoms with Gasteiger partial charge in [-0.25, -0.2) is 0 Å². The fraction of sp³-hybridized carbons (Fsp3) is 0.529. The number of ether oxygens (including phenoxy) is 2. The largest absolute Gasteiger partial charge is 0.497 e. The van der Waals surface area contributed by atoms with Gasteiger partial charge >= 0.3 is 0 Å². The topological polar surface area (TPSA) is 88.7 Å². The Balaban J connectivity index is 0.00000225. The Hall–Kier alpha value is -1.83. The van der Waals surface area contributed by atoms with Crippen LogP contribution in [0.2, 0.25) is 0 Å². The molecule has 8 heteroatoms. The predicted octanol–water partition coefficient (Wildman–Crippen LogP) is 1.33. The van der Waals surface area contributed by atoms with E-state index in [1.807, 2.05) is 0 Å². The van der Waals surface area contributed by atoms with Crippen molar-refractivity contribution < 1.29 is 19.1 Å². The zero-order chi connectivity index (χ0) is 16.9. The van der Waals surface area contributed by atoms with Crippen molar-refractivity contribution in [1.82, 2.24) is 10.6 Å². The number of rotatable bonds is 6. The van der Waals surface area contributed by atoms with Crippen molar-refractivity contribution in [1.29, 1.82) is 0 Å². The molecule has 0 aromatic heterocycles. The molecule has 7 nitrogen and oxygen atoms in total.